The van der Waals surface area contributed by atoms with Gasteiger partial charge in [-0.25, -0.2) is 0 Å². The first-order valence-electron chi connectivity index (χ1n) is 4.04. The molecule has 0 radical (unpaired) electrons. The molecule has 3 heteroatoms. The van der Waals surface area contributed by atoms with Crippen LogP contribution in [-0.2, 0) is 9.53 Å². The smallest absolute Gasteiger partial charge is 0.212 e. The zero-order valence-corrected chi connectivity index (χ0v) is 7.01. The van der Waals surface area contributed by atoms with Gasteiger partial charge in [0.2, 0.25) is 5.78 Å². The van der Waals surface area contributed by atoms with Crippen LogP contribution in [0.1, 0.15) is 12.8 Å². The summed E-state index contributed by atoms with van der Waals surface area (Å²) in [5.41, 5.74) is 5.05. The number of terminal acetylenes is 1. The van der Waals surface area contributed by atoms with E-state index in [-0.39, 0.29) is 5.78 Å². The zero-order valence-electron chi connectivity index (χ0n) is 7.01. The number of ether oxygens (including phenoxy) is 1. The summed E-state index contributed by atoms with van der Waals surface area (Å²) in [4.78, 5) is 11.3. The predicted octanol–water partition coefficient (Wildman–Crippen LogP) is -0.0558. The number of hydrogen-bond acceptors (Lipinski definition) is 3. The maximum atomic E-state index is 11.3. The molecule has 0 spiro atoms. The van der Waals surface area contributed by atoms with Crippen molar-refractivity contribution in [2.24, 2.45) is 11.1 Å². The highest BCUT2D eigenvalue weighted by Crippen LogP contribution is 2.29. The molecule has 1 heterocycles. The van der Waals surface area contributed by atoms with Crippen LogP contribution < -0.4 is 5.73 Å². The number of nitrogens with two attached hydrogens (primary N) is 1. The maximum Gasteiger partial charge on any atom is 0.212 e. The van der Waals surface area contributed by atoms with Crippen LogP contribution in [0.4, 0.5) is 0 Å². The average Bonchev–Trinajstić information content (AvgIpc) is 2.17. The van der Waals surface area contributed by atoms with E-state index in [2.05, 4.69) is 5.92 Å². The highest BCUT2D eigenvalue weighted by molar-refractivity contribution is 5.99. The Hall–Kier alpha value is -0.850. The molecule has 1 saturated heterocycles. The average molecular weight is 167 g/mol. The van der Waals surface area contributed by atoms with Crippen LogP contribution in [0.5, 0.6) is 0 Å². The first kappa shape index (κ1) is 9.24. The van der Waals surface area contributed by atoms with Crippen LogP contribution in [0.2, 0.25) is 0 Å². The Kier molecular flexibility index (Phi) is 2.85. The van der Waals surface area contributed by atoms with Crippen LogP contribution >= 0.6 is 0 Å². The van der Waals surface area contributed by atoms with E-state index in [1.54, 1.807) is 0 Å². The van der Waals surface area contributed by atoms with E-state index in [0.717, 1.165) is 0 Å². The molecular weight excluding hydrogens is 154 g/mol. The first-order valence-corrected chi connectivity index (χ1v) is 4.04. The third-order valence-electron chi connectivity index (χ3n) is 2.45. The second-order valence-corrected chi connectivity index (χ2v) is 3.07. The summed E-state index contributed by atoms with van der Waals surface area (Å²) < 4.78 is 5.14. The zero-order chi connectivity index (χ0) is 9.03. The summed E-state index contributed by atoms with van der Waals surface area (Å²) in [5.74, 6) is 1.98. The van der Waals surface area contributed by atoms with Gasteiger partial charge in [0.05, 0.1) is 5.41 Å². The molecule has 12 heavy (non-hydrogen) atoms. The van der Waals surface area contributed by atoms with Crippen molar-refractivity contribution in [3.8, 4) is 12.3 Å². The summed E-state index contributed by atoms with van der Waals surface area (Å²) in [7, 11) is 0. The van der Waals surface area contributed by atoms with Gasteiger partial charge in [-0.1, -0.05) is 0 Å². The summed E-state index contributed by atoms with van der Waals surface area (Å²) in [6.07, 6.45) is 6.39. The molecular formula is C9H13NO2. The number of rotatable bonds is 2. The van der Waals surface area contributed by atoms with Crippen molar-refractivity contribution in [2.45, 2.75) is 12.8 Å². The van der Waals surface area contributed by atoms with Crippen molar-refractivity contribution < 1.29 is 9.53 Å². The third kappa shape index (κ3) is 1.50. The van der Waals surface area contributed by atoms with Gasteiger partial charge in [-0.3, -0.25) is 4.79 Å². The van der Waals surface area contributed by atoms with Gasteiger partial charge >= 0.3 is 0 Å². The molecule has 0 saturated carbocycles. The van der Waals surface area contributed by atoms with Crippen LogP contribution in [0.3, 0.4) is 0 Å². The Morgan fingerprint density at radius 2 is 2.17 bits per heavy atom. The third-order valence-corrected chi connectivity index (χ3v) is 2.45. The number of carbonyl (C=O) groups is 1. The van der Waals surface area contributed by atoms with Crippen LogP contribution in [0.15, 0.2) is 0 Å². The van der Waals surface area contributed by atoms with Crippen LogP contribution in [0, 0.1) is 17.8 Å². The monoisotopic (exact) mass is 167 g/mol. The highest BCUT2D eigenvalue weighted by Gasteiger charge is 2.37. The van der Waals surface area contributed by atoms with E-state index in [0.29, 0.717) is 32.6 Å². The van der Waals surface area contributed by atoms with Crippen molar-refractivity contribution in [2.75, 3.05) is 19.8 Å². The molecule has 1 rings (SSSR count). The molecule has 0 bridgehead atoms. The fourth-order valence-electron chi connectivity index (χ4n) is 1.44. The molecule has 0 aromatic carbocycles. The Balaban J connectivity index is 2.74. The van der Waals surface area contributed by atoms with Crippen molar-refractivity contribution in [1.82, 2.24) is 0 Å². The minimum Gasteiger partial charge on any atom is -0.381 e. The second-order valence-electron chi connectivity index (χ2n) is 3.07. The van der Waals surface area contributed by atoms with Gasteiger partial charge in [-0.15, -0.1) is 6.42 Å². The SMILES string of the molecule is C#CC(=O)C1(CN)CCOCC1. The lowest BCUT2D eigenvalue weighted by Crippen LogP contribution is -2.42. The van der Waals surface area contributed by atoms with E-state index >= 15 is 0 Å². The largest absolute Gasteiger partial charge is 0.381 e. The molecule has 0 aromatic rings. The van der Waals surface area contributed by atoms with Crippen molar-refractivity contribution >= 4 is 5.78 Å². The molecule has 0 unspecified atom stereocenters. The number of hydrogen-bond donors (Lipinski definition) is 1. The van der Waals surface area contributed by atoms with E-state index in [4.69, 9.17) is 16.9 Å². The summed E-state index contributed by atoms with van der Waals surface area (Å²) in [5, 5.41) is 0. The van der Waals surface area contributed by atoms with Crippen LogP contribution in [-0.4, -0.2) is 25.5 Å². The Morgan fingerprint density at radius 1 is 1.58 bits per heavy atom. The van der Waals surface area contributed by atoms with Gasteiger partial charge in [-0.05, 0) is 18.8 Å². The normalized spacial score (nSPS) is 21.3. The summed E-state index contributed by atoms with van der Waals surface area (Å²) >= 11 is 0. The van der Waals surface area contributed by atoms with Crippen molar-refractivity contribution in [1.29, 1.82) is 0 Å². The molecule has 66 valence electrons. The molecule has 0 amide bonds. The fourth-order valence-corrected chi connectivity index (χ4v) is 1.44. The van der Waals surface area contributed by atoms with Crippen molar-refractivity contribution in [3.05, 3.63) is 0 Å². The van der Waals surface area contributed by atoms with Crippen molar-refractivity contribution in [3.63, 3.8) is 0 Å². The van der Waals surface area contributed by atoms with Gasteiger partial charge in [0.15, 0.2) is 0 Å². The minimum absolute atomic E-state index is 0.173. The molecule has 1 aliphatic rings. The predicted molar refractivity (Wildman–Crippen MR) is 45.4 cm³/mol. The van der Waals surface area contributed by atoms with Gasteiger partial charge < -0.3 is 10.5 Å². The Bertz CT molecular complexity index is 211. The van der Waals surface area contributed by atoms with Gasteiger partial charge in [0.25, 0.3) is 0 Å². The number of Topliss-reactive ketones (excluding diaryl/α,β-unsaturated/α-hetero) is 1. The molecule has 2 N–H and O–H groups in total. The van der Waals surface area contributed by atoms with E-state index in [1.807, 2.05) is 0 Å². The Morgan fingerprint density at radius 3 is 2.58 bits per heavy atom. The highest BCUT2D eigenvalue weighted by atomic mass is 16.5. The lowest BCUT2D eigenvalue weighted by molar-refractivity contribution is -0.127. The van der Waals surface area contributed by atoms with Crippen LogP contribution in [0.25, 0.3) is 0 Å². The molecule has 0 aromatic heterocycles. The van der Waals surface area contributed by atoms with Gasteiger partial charge in [0.1, 0.15) is 0 Å². The van der Waals surface area contributed by atoms with E-state index in [9.17, 15) is 4.79 Å². The molecule has 1 fully saturated rings. The molecule has 1 aliphatic heterocycles. The lowest BCUT2D eigenvalue weighted by atomic mass is 9.77. The van der Waals surface area contributed by atoms with E-state index in [1.165, 1.54) is 0 Å². The second kappa shape index (κ2) is 3.70. The number of ketones is 1. The topological polar surface area (TPSA) is 52.3 Å². The summed E-state index contributed by atoms with van der Waals surface area (Å²) in [6, 6.07) is 0. The standard InChI is InChI=1S/C9H13NO2/c1-2-8(11)9(7-10)3-5-12-6-4-9/h1H,3-7,10H2. The quantitative estimate of drug-likeness (QED) is 0.463. The molecule has 0 atom stereocenters. The fraction of sp³-hybridized carbons (Fsp3) is 0.667. The van der Waals surface area contributed by atoms with E-state index < -0.39 is 5.41 Å². The number of carbonyl (C=O) groups excluding carboxylic acids is 1. The van der Waals surface area contributed by atoms with Gasteiger partial charge in [0, 0.05) is 19.8 Å². The summed E-state index contributed by atoms with van der Waals surface area (Å²) in [6.45, 7) is 1.51. The maximum absolute atomic E-state index is 11.3. The minimum atomic E-state index is -0.493. The molecule has 0 aliphatic carbocycles. The first-order chi connectivity index (χ1) is 5.75. The lowest BCUT2D eigenvalue weighted by Gasteiger charge is -2.32. The molecule has 3 nitrogen and oxygen atoms in total. The Labute approximate surface area is 72.3 Å². The van der Waals surface area contributed by atoms with Gasteiger partial charge in [-0.2, -0.15) is 0 Å².